The Morgan fingerprint density at radius 1 is 1.32 bits per heavy atom. The van der Waals surface area contributed by atoms with Gasteiger partial charge in [-0.3, -0.25) is 14.2 Å². The van der Waals surface area contributed by atoms with Crippen LogP contribution in [0.5, 0.6) is 0 Å². The van der Waals surface area contributed by atoms with E-state index < -0.39 is 5.97 Å². The number of rotatable bonds is 3. The lowest BCUT2D eigenvalue weighted by Gasteiger charge is -2.18. The fourth-order valence-electron chi connectivity index (χ4n) is 3.38. The number of ether oxygens (including phenoxy) is 1. The molecule has 1 amide bonds. The van der Waals surface area contributed by atoms with E-state index in [9.17, 15) is 14.4 Å². The van der Waals surface area contributed by atoms with Crippen LogP contribution in [0.25, 0.3) is 11.0 Å². The van der Waals surface area contributed by atoms with Crippen molar-refractivity contribution in [2.75, 3.05) is 18.6 Å². The third-order valence-corrected chi connectivity index (χ3v) is 5.33. The molecule has 0 saturated heterocycles. The first-order valence-corrected chi connectivity index (χ1v) is 9.29. The second kappa shape index (κ2) is 6.86. The third-order valence-electron chi connectivity index (χ3n) is 4.77. The molecule has 0 spiro atoms. The number of fused-ring (bicyclic) bond motifs is 2. The van der Waals surface area contributed by atoms with Gasteiger partial charge in [-0.15, -0.1) is 0 Å². The van der Waals surface area contributed by atoms with Crippen LogP contribution in [-0.2, 0) is 29.5 Å². The molecule has 0 atom stereocenters. The summed E-state index contributed by atoms with van der Waals surface area (Å²) in [6.45, 7) is 0.348. The highest BCUT2D eigenvalue weighted by molar-refractivity contribution is 9.10. The van der Waals surface area contributed by atoms with Crippen LogP contribution in [0.3, 0.4) is 0 Å². The minimum absolute atomic E-state index is 0.138. The van der Waals surface area contributed by atoms with Crippen LogP contribution in [0, 0.1) is 0 Å². The van der Waals surface area contributed by atoms with E-state index in [1.165, 1.54) is 22.7 Å². The van der Waals surface area contributed by atoms with Crippen molar-refractivity contribution >= 4 is 44.5 Å². The van der Waals surface area contributed by atoms with Gasteiger partial charge < -0.3 is 9.64 Å². The van der Waals surface area contributed by atoms with Gasteiger partial charge in [0.25, 0.3) is 5.56 Å². The Hall–Kier alpha value is -3.01. The van der Waals surface area contributed by atoms with Crippen LogP contribution < -0.4 is 10.5 Å². The Kier molecular flexibility index (Phi) is 4.50. The molecule has 0 N–H and O–H groups in total. The molecule has 2 aromatic heterocycles. The van der Waals surface area contributed by atoms with Crippen LogP contribution in [0.4, 0.5) is 5.69 Å². The van der Waals surface area contributed by atoms with Gasteiger partial charge in [-0.25, -0.2) is 14.5 Å². The highest BCUT2D eigenvalue weighted by Crippen LogP contribution is 2.29. The molecule has 0 fully saturated rings. The maximum atomic E-state index is 12.8. The smallest absolute Gasteiger partial charge is 0.337 e. The molecular formula is C18H16BrN5O4. The van der Waals surface area contributed by atoms with Crippen LogP contribution >= 0.6 is 15.9 Å². The summed E-state index contributed by atoms with van der Waals surface area (Å²) in [6, 6.07) is 5.10. The molecular weight excluding hydrogens is 430 g/mol. The molecule has 0 unspecified atom stereocenters. The van der Waals surface area contributed by atoms with E-state index in [1.807, 2.05) is 0 Å². The van der Waals surface area contributed by atoms with Gasteiger partial charge in [-0.2, -0.15) is 5.10 Å². The number of amides is 1. The monoisotopic (exact) mass is 445 g/mol. The zero-order valence-corrected chi connectivity index (χ0v) is 16.8. The number of esters is 1. The number of halogens is 1. The van der Waals surface area contributed by atoms with Gasteiger partial charge in [0.05, 0.1) is 12.7 Å². The van der Waals surface area contributed by atoms with E-state index in [1.54, 1.807) is 30.1 Å². The maximum Gasteiger partial charge on any atom is 0.337 e. The Morgan fingerprint density at radius 3 is 2.86 bits per heavy atom. The molecule has 4 rings (SSSR count). The number of anilines is 1. The van der Waals surface area contributed by atoms with Gasteiger partial charge >= 0.3 is 5.97 Å². The predicted molar refractivity (Wildman–Crippen MR) is 104 cm³/mol. The largest absolute Gasteiger partial charge is 0.465 e. The summed E-state index contributed by atoms with van der Waals surface area (Å²) in [5, 5.41) is 4.47. The van der Waals surface area contributed by atoms with Crippen LogP contribution in [0.15, 0.2) is 33.9 Å². The molecule has 0 aliphatic carbocycles. The number of hydrogen-bond donors (Lipinski definition) is 0. The first-order chi connectivity index (χ1) is 13.4. The quantitative estimate of drug-likeness (QED) is 0.562. The summed E-state index contributed by atoms with van der Waals surface area (Å²) in [6.07, 6.45) is 1.99. The summed E-state index contributed by atoms with van der Waals surface area (Å²) >= 11 is 3.26. The van der Waals surface area contributed by atoms with Gasteiger partial charge in [0.1, 0.15) is 22.9 Å². The zero-order chi connectivity index (χ0) is 20.0. The molecule has 0 bridgehead atoms. The molecule has 10 heteroatoms. The van der Waals surface area contributed by atoms with Gasteiger partial charge in [0.15, 0.2) is 5.65 Å². The Morgan fingerprint density at radius 2 is 2.11 bits per heavy atom. The Bertz CT molecular complexity index is 1180. The Labute approximate surface area is 167 Å². The molecule has 3 aromatic rings. The minimum atomic E-state index is -0.416. The average Bonchev–Trinajstić information content (AvgIpc) is 3.23. The number of carbonyl (C=O) groups excluding carboxylic acids is 2. The fourth-order valence-corrected chi connectivity index (χ4v) is 3.97. The molecule has 0 saturated carbocycles. The first kappa shape index (κ1) is 18.4. The molecule has 1 aromatic carbocycles. The van der Waals surface area contributed by atoms with Crippen LogP contribution in [-0.4, -0.2) is 44.9 Å². The molecule has 1 aliphatic rings. The number of benzene rings is 1. The van der Waals surface area contributed by atoms with Crippen molar-refractivity contribution in [2.24, 2.45) is 7.05 Å². The van der Waals surface area contributed by atoms with E-state index >= 15 is 0 Å². The SMILES string of the molecule is COC(=O)c1ccc2c(c1)CCN2C(=O)Cn1cnc2c(c(Br)nn2C)c1=O. The number of methoxy groups -OCH3 is 1. The molecule has 28 heavy (non-hydrogen) atoms. The van der Waals surface area contributed by atoms with Crippen molar-refractivity contribution in [3.8, 4) is 0 Å². The van der Waals surface area contributed by atoms with Crippen molar-refractivity contribution in [3.05, 3.63) is 50.6 Å². The number of aryl methyl sites for hydroxylation is 1. The summed E-state index contributed by atoms with van der Waals surface area (Å²) < 4.78 is 7.91. The van der Waals surface area contributed by atoms with Gasteiger partial charge in [-0.05, 0) is 46.1 Å². The third kappa shape index (κ3) is 2.89. The lowest BCUT2D eigenvalue weighted by Crippen LogP contribution is -2.35. The van der Waals surface area contributed by atoms with E-state index in [4.69, 9.17) is 4.74 Å². The van der Waals surface area contributed by atoms with Gasteiger partial charge in [-0.1, -0.05) is 0 Å². The fraction of sp³-hybridized carbons (Fsp3) is 0.278. The number of carbonyl (C=O) groups is 2. The summed E-state index contributed by atoms with van der Waals surface area (Å²) in [4.78, 5) is 43.1. The van der Waals surface area contributed by atoms with Crippen molar-refractivity contribution < 1.29 is 14.3 Å². The first-order valence-electron chi connectivity index (χ1n) is 8.50. The number of nitrogens with zero attached hydrogens (tertiary/aromatic N) is 5. The second-order valence-corrected chi connectivity index (χ2v) is 7.17. The van der Waals surface area contributed by atoms with Crippen molar-refractivity contribution in [2.45, 2.75) is 13.0 Å². The van der Waals surface area contributed by atoms with E-state index in [0.29, 0.717) is 34.2 Å². The second-order valence-electron chi connectivity index (χ2n) is 6.42. The van der Waals surface area contributed by atoms with Crippen molar-refractivity contribution in [1.29, 1.82) is 0 Å². The number of aromatic nitrogens is 4. The minimum Gasteiger partial charge on any atom is -0.465 e. The maximum absolute atomic E-state index is 12.8. The lowest BCUT2D eigenvalue weighted by atomic mass is 10.1. The highest BCUT2D eigenvalue weighted by Gasteiger charge is 2.26. The lowest BCUT2D eigenvalue weighted by molar-refractivity contribution is -0.119. The standard InChI is InChI=1S/C18H16BrN5O4/c1-22-16-14(15(19)21-22)17(26)23(9-20-16)8-13(25)24-6-5-10-7-11(18(27)28-2)3-4-12(10)24/h3-4,7,9H,5-6,8H2,1-2H3. The average molecular weight is 446 g/mol. The topological polar surface area (TPSA) is 99.3 Å². The van der Waals surface area contributed by atoms with Crippen molar-refractivity contribution in [3.63, 3.8) is 0 Å². The number of hydrogen-bond acceptors (Lipinski definition) is 6. The van der Waals surface area contributed by atoms with E-state index in [0.717, 1.165) is 11.3 Å². The molecule has 0 radical (unpaired) electrons. The van der Waals surface area contributed by atoms with Crippen LogP contribution in [0.1, 0.15) is 15.9 Å². The van der Waals surface area contributed by atoms with Crippen LogP contribution in [0.2, 0.25) is 0 Å². The Balaban J connectivity index is 1.62. The summed E-state index contributed by atoms with van der Waals surface area (Å²) in [5.41, 5.74) is 2.19. The highest BCUT2D eigenvalue weighted by atomic mass is 79.9. The molecule has 9 nitrogen and oxygen atoms in total. The summed E-state index contributed by atoms with van der Waals surface area (Å²) in [5.74, 6) is -0.645. The molecule has 3 heterocycles. The van der Waals surface area contributed by atoms with Crippen molar-refractivity contribution in [1.82, 2.24) is 19.3 Å². The van der Waals surface area contributed by atoms with Gasteiger partial charge in [0, 0.05) is 19.3 Å². The van der Waals surface area contributed by atoms with Gasteiger partial charge in [0.2, 0.25) is 5.91 Å². The molecule has 144 valence electrons. The zero-order valence-electron chi connectivity index (χ0n) is 15.2. The van der Waals surface area contributed by atoms with E-state index in [2.05, 4.69) is 26.0 Å². The normalized spacial score (nSPS) is 13.0. The molecule has 1 aliphatic heterocycles. The predicted octanol–water partition coefficient (Wildman–Crippen LogP) is 1.27. The summed E-state index contributed by atoms with van der Waals surface area (Å²) in [7, 11) is 3.02. The van der Waals surface area contributed by atoms with E-state index in [-0.39, 0.29) is 18.0 Å².